The summed E-state index contributed by atoms with van der Waals surface area (Å²) in [6, 6.07) is 7.66. The molecule has 0 bridgehead atoms. The van der Waals surface area contributed by atoms with E-state index < -0.39 is 0 Å². The maximum Gasteiger partial charge on any atom is 0.231 e. The van der Waals surface area contributed by atoms with E-state index in [-0.39, 0.29) is 12.7 Å². The Morgan fingerprint density at radius 1 is 1.24 bits per heavy atom. The van der Waals surface area contributed by atoms with Gasteiger partial charge in [-0.1, -0.05) is 18.7 Å². The molecule has 0 saturated heterocycles. The first-order valence-corrected chi connectivity index (χ1v) is 11.3. The number of furan rings is 1. The molecular weight excluding hydrogens is 444 g/mol. The van der Waals surface area contributed by atoms with Gasteiger partial charge in [0.15, 0.2) is 33.6 Å². The first-order chi connectivity index (χ1) is 16.0. The van der Waals surface area contributed by atoms with Crippen molar-refractivity contribution in [2.24, 2.45) is 0 Å². The van der Waals surface area contributed by atoms with Gasteiger partial charge in [-0.05, 0) is 31.2 Å². The van der Waals surface area contributed by atoms with Gasteiger partial charge in [-0.25, -0.2) is 15.0 Å². The summed E-state index contributed by atoms with van der Waals surface area (Å²) < 4.78 is 19.0. The minimum absolute atomic E-state index is 0.0194. The summed E-state index contributed by atoms with van der Waals surface area (Å²) in [6.07, 6.45) is 1.83. The molecule has 33 heavy (non-hydrogen) atoms. The number of nitrogen functional groups attached to an aromatic ring is 1. The standard InChI is InChI=1S/C22H22N6O4S/c1-3-18(29)24-6-7-28-21-19(20(23)25-10-26-21)27-22(28)33-17-9-16-15(30-11-31-16)8-13(17)14-5-4-12(2)32-14/h4-5,8-10H,3,6-7,11H2,1-2H3,(H,24,29)(H2,23,25,26). The summed E-state index contributed by atoms with van der Waals surface area (Å²) in [6.45, 7) is 4.78. The molecule has 0 fully saturated rings. The van der Waals surface area contributed by atoms with E-state index in [0.29, 0.717) is 58.9 Å². The minimum atomic E-state index is -0.0194. The van der Waals surface area contributed by atoms with Crippen LogP contribution in [-0.4, -0.2) is 38.8 Å². The molecule has 0 aliphatic carbocycles. The van der Waals surface area contributed by atoms with Gasteiger partial charge in [-0.15, -0.1) is 0 Å². The summed E-state index contributed by atoms with van der Waals surface area (Å²) >= 11 is 1.43. The number of anilines is 1. The maximum absolute atomic E-state index is 11.7. The zero-order chi connectivity index (χ0) is 22.9. The van der Waals surface area contributed by atoms with Crippen molar-refractivity contribution in [3.05, 3.63) is 36.4 Å². The molecule has 0 spiro atoms. The lowest BCUT2D eigenvalue weighted by atomic mass is 10.1. The molecule has 3 aromatic heterocycles. The Labute approximate surface area is 193 Å². The average Bonchev–Trinajstić information content (AvgIpc) is 3.52. The number of hydrogen-bond acceptors (Lipinski definition) is 9. The van der Waals surface area contributed by atoms with Gasteiger partial charge >= 0.3 is 0 Å². The number of nitrogens with two attached hydrogens (primary N) is 1. The van der Waals surface area contributed by atoms with Crippen molar-refractivity contribution in [2.45, 2.75) is 36.9 Å². The van der Waals surface area contributed by atoms with Crippen LogP contribution in [0.25, 0.3) is 22.5 Å². The Hall–Kier alpha value is -3.73. The predicted octanol–water partition coefficient (Wildman–Crippen LogP) is 3.38. The van der Waals surface area contributed by atoms with Gasteiger partial charge in [0, 0.05) is 30.0 Å². The van der Waals surface area contributed by atoms with Crippen molar-refractivity contribution < 1.29 is 18.7 Å². The lowest BCUT2D eigenvalue weighted by molar-refractivity contribution is -0.120. The van der Waals surface area contributed by atoms with E-state index in [1.165, 1.54) is 18.1 Å². The van der Waals surface area contributed by atoms with Crippen LogP contribution in [0.2, 0.25) is 0 Å². The number of aromatic nitrogens is 4. The van der Waals surface area contributed by atoms with E-state index >= 15 is 0 Å². The number of carbonyl (C=O) groups is 1. The predicted molar refractivity (Wildman–Crippen MR) is 122 cm³/mol. The largest absolute Gasteiger partial charge is 0.461 e. The highest BCUT2D eigenvalue weighted by atomic mass is 32.2. The molecule has 4 heterocycles. The minimum Gasteiger partial charge on any atom is -0.461 e. The average molecular weight is 467 g/mol. The van der Waals surface area contributed by atoms with E-state index in [0.717, 1.165) is 16.2 Å². The smallest absolute Gasteiger partial charge is 0.231 e. The van der Waals surface area contributed by atoms with Crippen molar-refractivity contribution >= 4 is 34.7 Å². The third kappa shape index (κ3) is 4.07. The van der Waals surface area contributed by atoms with Crippen LogP contribution in [0.1, 0.15) is 19.1 Å². The lowest BCUT2D eigenvalue weighted by Crippen LogP contribution is -2.26. The van der Waals surface area contributed by atoms with E-state index in [2.05, 4.69) is 15.3 Å². The van der Waals surface area contributed by atoms with Gasteiger partial charge in [0.25, 0.3) is 0 Å². The Kier molecular flexibility index (Phi) is 5.55. The monoisotopic (exact) mass is 466 g/mol. The number of nitrogens with zero attached hydrogens (tertiary/aromatic N) is 4. The van der Waals surface area contributed by atoms with Crippen LogP contribution in [-0.2, 0) is 11.3 Å². The molecule has 1 amide bonds. The fraction of sp³-hybridized carbons (Fsp3) is 0.273. The molecule has 170 valence electrons. The Morgan fingerprint density at radius 3 is 2.82 bits per heavy atom. The van der Waals surface area contributed by atoms with Crippen LogP contribution >= 0.6 is 11.8 Å². The number of ether oxygens (including phenoxy) is 2. The SMILES string of the molecule is CCC(=O)NCCn1c(Sc2cc3c(cc2-c2ccc(C)o2)OCO3)nc2c(N)ncnc21. The second-order valence-electron chi connectivity index (χ2n) is 7.39. The first-order valence-electron chi connectivity index (χ1n) is 10.4. The summed E-state index contributed by atoms with van der Waals surface area (Å²) in [5.74, 6) is 3.11. The normalized spacial score (nSPS) is 12.4. The van der Waals surface area contributed by atoms with Crippen molar-refractivity contribution in [2.75, 3.05) is 19.1 Å². The number of imidazole rings is 1. The molecule has 4 aromatic rings. The number of carbonyl (C=O) groups excluding carboxylic acids is 1. The molecule has 1 aromatic carbocycles. The molecule has 0 unspecified atom stereocenters. The molecule has 0 radical (unpaired) electrons. The molecule has 3 N–H and O–H groups in total. The topological polar surface area (TPSA) is 130 Å². The number of rotatable bonds is 7. The molecule has 0 saturated carbocycles. The van der Waals surface area contributed by atoms with Crippen molar-refractivity contribution in [1.82, 2.24) is 24.8 Å². The van der Waals surface area contributed by atoms with Crippen LogP contribution in [0.4, 0.5) is 5.82 Å². The van der Waals surface area contributed by atoms with Crippen molar-refractivity contribution in [3.8, 4) is 22.8 Å². The van der Waals surface area contributed by atoms with Crippen molar-refractivity contribution in [1.29, 1.82) is 0 Å². The number of amides is 1. The fourth-order valence-electron chi connectivity index (χ4n) is 3.52. The number of aryl methyl sites for hydroxylation is 1. The first kappa shape index (κ1) is 21.1. The molecule has 0 atom stereocenters. The lowest BCUT2D eigenvalue weighted by Gasteiger charge is -2.12. The van der Waals surface area contributed by atoms with Crippen molar-refractivity contribution in [3.63, 3.8) is 0 Å². The zero-order valence-electron chi connectivity index (χ0n) is 18.1. The second-order valence-corrected chi connectivity index (χ2v) is 8.40. The van der Waals surface area contributed by atoms with Gasteiger partial charge < -0.3 is 29.5 Å². The Balaban J connectivity index is 1.57. The molecule has 5 rings (SSSR count). The van der Waals surface area contributed by atoms with Gasteiger partial charge in [0.05, 0.1) is 0 Å². The third-order valence-electron chi connectivity index (χ3n) is 5.19. The number of benzene rings is 1. The highest BCUT2D eigenvalue weighted by Gasteiger charge is 2.23. The Morgan fingerprint density at radius 2 is 2.06 bits per heavy atom. The van der Waals surface area contributed by atoms with Crippen LogP contribution in [0.3, 0.4) is 0 Å². The van der Waals surface area contributed by atoms with Crippen LogP contribution in [0.5, 0.6) is 11.5 Å². The summed E-state index contributed by atoms with van der Waals surface area (Å²) in [7, 11) is 0. The molecular formula is C22H22N6O4S. The summed E-state index contributed by atoms with van der Waals surface area (Å²) in [5.41, 5.74) is 8.04. The zero-order valence-corrected chi connectivity index (χ0v) is 18.9. The van der Waals surface area contributed by atoms with E-state index in [4.69, 9.17) is 24.6 Å². The quantitative estimate of drug-likeness (QED) is 0.421. The number of nitrogens with one attached hydrogen (secondary N) is 1. The molecule has 10 nitrogen and oxygen atoms in total. The highest BCUT2D eigenvalue weighted by Crippen LogP contribution is 2.45. The van der Waals surface area contributed by atoms with Gasteiger partial charge in [-0.3, -0.25) is 4.79 Å². The second kappa shape index (κ2) is 8.66. The van der Waals surface area contributed by atoms with Gasteiger partial charge in [-0.2, -0.15) is 0 Å². The third-order valence-corrected chi connectivity index (χ3v) is 6.24. The number of fused-ring (bicyclic) bond motifs is 2. The van der Waals surface area contributed by atoms with Gasteiger partial charge in [0.1, 0.15) is 17.8 Å². The maximum atomic E-state index is 11.7. The summed E-state index contributed by atoms with van der Waals surface area (Å²) in [4.78, 5) is 25.8. The van der Waals surface area contributed by atoms with E-state index in [1.807, 2.05) is 42.7 Å². The van der Waals surface area contributed by atoms with Crippen LogP contribution < -0.4 is 20.5 Å². The molecule has 11 heteroatoms. The Bertz CT molecular complexity index is 1350. The fourth-order valence-corrected chi connectivity index (χ4v) is 4.58. The van der Waals surface area contributed by atoms with Crippen LogP contribution in [0.15, 0.2) is 45.1 Å². The van der Waals surface area contributed by atoms with E-state index in [1.54, 1.807) is 0 Å². The van der Waals surface area contributed by atoms with E-state index in [9.17, 15) is 4.79 Å². The molecule has 1 aliphatic heterocycles. The van der Waals surface area contributed by atoms with Crippen LogP contribution in [0, 0.1) is 6.92 Å². The summed E-state index contributed by atoms with van der Waals surface area (Å²) in [5, 5.41) is 3.55. The molecule has 1 aliphatic rings. The number of hydrogen-bond donors (Lipinski definition) is 2. The highest BCUT2D eigenvalue weighted by molar-refractivity contribution is 7.99. The van der Waals surface area contributed by atoms with Gasteiger partial charge in [0.2, 0.25) is 12.7 Å².